The Labute approximate surface area is 123 Å². The fourth-order valence-corrected chi connectivity index (χ4v) is 2.79. The number of halogens is 1. The molecule has 1 aromatic heterocycles. The summed E-state index contributed by atoms with van der Waals surface area (Å²) in [6.45, 7) is 8.55. The highest BCUT2D eigenvalue weighted by atomic mass is 79.9. The van der Waals surface area contributed by atoms with Crippen LogP contribution in [0.5, 0.6) is 0 Å². The summed E-state index contributed by atoms with van der Waals surface area (Å²) in [5, 5.41) is 0. The van der Waals surface area contributed by atoms with E-state index in [1.165, 1.54) is 0 Å². The molecule has 0 aliphatic carbocycles. The Morgan fingerprint density at radius 1 is 1.26 bits per heavy atom. The van der Waals surface area contributed by atoms with Crippen molar-refractivity contribution in [1.82, 2.24) is 9.55 Å². The Kier molecular flexibility index (Phi) is 3.72. The van der Waals surface area contributed by atoms with E-state index in [2.05, 4.69) is 48.2 Å². The molecule has 2 N–H and O–H groups in total. The molecule has 0 saturated heterocycles. The lowest BCUT2D eigenvalue weighted by atomic mass is 10.1. The maximum Gasteiger partial charge on any atom is 0.132 e. The van der Waals surface area contributed by atoms with Crippen LogP contribution in [-0.4, -0.2) is 9.55 Å². The Balaban J connectivity index is 2.68. The van der Waals surface area contributed by atoms with Crippen molar-refractivity contribution in [1.29, 1.82) is 0 Å². The second-order valence-electron chi connectivity index (χ2n) is 5.60. The predicted octanol–water partition coefficient (Wildman–Crippen LogP) is 4.21. The first-order valence-electron chi connectivity index (χ1n) is 6.48. The zero-order valence-electron chi connectivity index (χ0n) is 11.9. The molecule has 0 atom stereocenters. The number of benzene rings is 1. The number of imidazole rings is 1. The van der Waals surface area contributed by atoms with Crippen molar-refractivity contribution in [2.45, 2.75) is 39.7 Å². The van der Waals surface area contributed by atoms with Gasteiger partial charge in [-0.2, -0.15) is 0 Å². The molecule has 2 aromatic rings. The van der Waals surface area contributed by atoms with Crippen molar-refractivity contribution in [2.24, 2.45) is 0 Å². The third kappa shape index (κ3) is 2.54. The minimum absolute atomic E-state index is 0.0675. The Hall–Kier alpha value is -1.29. The van der Waals surface area contributed by atoms with Crippen molar-refractivity contribution < 1.29 is 0 Å². The van der Waals surface area contributed by atoms with Crippen LogP contribution in [0.25, 0.3) is 11.3 Å². The van der Waals surface area contributed by atoms with Crippen LogP contribution in [-0.2, 0) is 12.0 Å². The molecular weight excluding hydrogens is 302 g/mol. The van der Waals surface area contributed by atoms with Crippen molar-refractivity contribution in [2.75, 3.05) is 5.73 Å². The smallest absolute Gasteiger partial charge is 0.132 e. The van der Waals surface area contributed by atoms with E-state index in [9.17, 15) is 0 Å². The van der Waals surface area contributed by atoms with E-state index >= 15 is 0 Å². The maximum atomic E-state index is 6.35. The molecular formula is C15H20BrN3. The first-order chi connectivity index (χ1) is 8.86. The minimum atomic E-state index is -0.0675. The maximum absolute atomic E-state index is 6.35. The van der Waals surface area contributed by atoms with Crippen LogP contribution in [0.1, 0.15) is 33.5 Å². The SMILES string of the molecule is CCc1nc(-c2ccccc2Br)c(N)n1C(C)(C)C. The summed E-state index contributed by atoms with van der Waals surface area (Å²) in [5.41, 5.74) is 8.18. The number of rotatable bonds is 2. The summed E-state index contributed by atoms with van der Waals surface area (Å²) in [7, 11) is 0. The van der Waals surface area contributed by atoms with Gasteiger partial charge < -0.3 is 10.3 Å². The zero-order chi connectivity index (χ0) is 14.2. The van der Waals surface area contributed by atoms with E-state index in [4.69, 9.17) is 10.7 Å². The average molecular weight is 322 g/mol. The molecule has 3 nitrogen and oxygen atoms in total. The second kappa shape index (κ2) is 5.00. The van der Waals surface area contributed by atoms with Gasteiger partial charge in [-0.05, 0) is 26.8 Å². The number of aromatic nitrogens is 2. The van der Waals surface area contributed by atoms with Gasteiger partial charge in [-0.25, -0.2) is 4.98 Å². The predicted molar refractivity (Wildman–Crippen MR) is 84.1 cm³/mol. The highest BCUT2D eigenvalue weighted by molar-refractivity contribution is 9.10. The largest absolute Gasteiger partial charge is 0.383 e. The molecule has 0 fully saturated rings. The van der Waals surface area contributed by atoms with E-state index in [-0.39, 0.29) is 5.54 Å². The van der Waals surface area contributed by atoms with Crippen molar-refractivity contribution in [3.05, 3.63) is 34.6 Å². The normalized spacial score (nSPS) is 11.8. The zero-order valence-corrected chi connectivity index (χ0v) is 13.5. The molecule has 19 heavy (non-hydrogen) atoms. The number of anilines is 1. The molecule has 0 bridgehead atoms. The van der Waals surface area contributed by atoms with Crippen LogP contribution < -0.4 is 5.73 Å². The third-order valence-corrected chi connectivity index (χ3v) is 3.79. The molecule has 4 heteroatoms. The van der Waals surface area contributed by atoms with E-state index in [1.54, 1.807) is 0 Å². The summed E-state index contributed by atoms with van der Waals surface area (Å²) in [5.74, 6) is 1.76. The van der Waals surface area contributed by atoms with E-state index in [0.717, 1.165) is 33.8 Å². The van der Waals surface area contributed by atoms with E-state index in [0.29, 0.717) is 0 Å². The molecule has 102 valence electrons. The highest BCUT2D eigenvalue weighted by Gasteiger charge is 2.24. The summed E-state index contributed by atoms with van der Waals surface area (Å²) in [4.78, 5) is 4.73. The lowest BCUT2D eigenvalue weighted by Gasteiger charge is -2.24. The number of nitrogens with zero attached hydrogens (tertiary/aromatic N) is 2. The summed E-state index contributed by atoms with van der Waals surface area (Å²) in [6, 6.07) is 8.04. The van der Waals surface area contributed by atoms with Crippen LogP contribution >= 0.6 is 15.9 Å². The molecule has 0 spiro atoms. The monoisotopic (exact) mass is 321 g/mol. The number of nitrogen functional groups attached to an aromatic ring is 1. The topological polar surface area (TPSA) is 43.8 Å². The van der Waals surface area contributed by atoms with Gasteiger partial charge in [-0.3, -0.25) is 0 Å². The quantitative estimate of drug-likeness (QED) is 0.900. The summed E-state index contributed by atoms with van der Waals surface area (Å²) >= 11 is 3.57. The van der Waals surface area contributed by atoms with Crippen molar-refractivity contribution in [3.63, 3.8) is 0 Å². The first kappa shape index (κ1) is 14.1. The van der Waals surface area contributed by atoms with Gasteiger partial charge in [0.15, 0.2) is 0 Å². The minimum Gasteiger partial charge on any atom is -0.383 e. The van der Waals surface area contributed by atoms with Crippen molar-refractivity contribution >= 4 is 21.7 Å². The number of hydrogen-bond acceptors (Lipinski definition) is 2. The molecule has 0 unspecified atom stereocenters. The third-order valence-electron chi connectivity index (χ3n) is 3.10. The first-order valence-corrected chi connectivity index (χ1v) is 7.28. The van der Waals surface area contributed by atoms with Gasteiger partial charge in [0.25, 0.3) is 0 Å². The number of aryl methyl sites for hydroxylation is 1. The summed E-state index contributed by atoms with van der Waals surface area (Å²) < 4.78 is 3.14. The second-order valence-corrected chi connectivity index (χ2v) is 6.46. The molecule has 2 rings (SSSR count). The molecule has 1 aromatic carbocycles. The van der Waals surface area contributed by atoms with Gasteiger partial charge in [0.2, 0.25) is 0 Å². The fraction of sp³-hybridized carbons (Fsp3) is 0.400. The van der Waals surface area contributed by atoms with Gasteiger partial charge in [0.05, 0.1) is 0 Å². The van der Waals surface area contributed by atoms with E-state index < -0.39 is 0 Å². The fourth-order valence-electron chi connectivity index (χ4n) is 2.32. The molecule has 0 amide bonds. The average Bonchev–Trinajstić information content (AvgIpc) is 2.66. The van der Waals surface area contributed by atoms with Crippen LogP contribution in [0, 0.1) is 0 Å². The van der Waals surface area contributed by atoms with Gasteiger partial charge in [-0.15, -0.1) is 0 Å². The van der Waals surface area contributed by atoms with Crippen molar-refractivity contribution in [3.8, 4) is 11.3 Å². The van der Waals surface area contributed by atoms with Gasteiger partial charge in [0, 0.05) is 22.0 Å². The van der Waals surface area contributed by atoms with Crippen LogP contribution in [0.3, 0.4) is 0 Å². The highest BCUT2D eigenvalue weighted by Crippen LogP contribution is 2.35. The Bertz CT molecular complexity index is 594. The molecule has 0 aliphatic rings. The van der Waals surface area contributed by atoms with E-state index in [1.807, 2.05) is 24.3 Å². The lowest BCUT2D eigenvalue weighted by molar-refractivity contribution is 0.389. The summed E-state index contributed by atoms with van der Waals surface area (Å²) in [6.07, 6.45) is 0.867. The van der Waals surface area contributed by atoms with Gasteiger partial charge in [0.1, 0.15) is 17.3 Å². The van der Waals surface area contributed by atoms with Gasteiger partial charge >= 0.3 is 0 Å². The van der Waals surface area contributed by atoms with Crippen LogP contribution in [0.4, 0.5) is 5.82 Å². The molecule has 0 radical (unpaired) electrons. The van der Waals surface area contributed by atoms with Gasteiger partial charge in [-0.1, -0.05) is 41.1 Å². The van der Waals surface area contributed by atoms with Crippen LogP contribution in [0.2, 0.25) is 0 Å². The molecule has 0 saturated carbocycles. The Morgan fingerprint density at radius 2 is 1.89 bits per heavy atom. The standard InChI is InChI=1S/C15H20BrN3/c1-5-12-18-13(10-8-6-7-9-11(10)16)14(17)19(12)15(2,3)4/h6-9H,5,17H2,1-4H3. The lowest BCUT2D eigenvalue weighted by Crippen LogP contribution is -2.25. The molecule has 0 aliphatic heterocycles. The number of nitrogens with two attached hydrogens (primary N) is 1. The van der Waals surface area contributed by atoms with Crippen LogP contribution in [0.15, 0.2) is 28.7 Å². The Morgan fingerprint density at radius 3 is 2.37 bits per heavy atom. The molecule has 1 heterocycles. The number of hydrogen-bond donors (Lipinski definition) is 1.